The molecule has 1 fully saturated rings. The van der Waals surface area contributed by atoms with Crippen molar-refractivity contribution in [2.24, 2.45) is 0 Å². The van der Waals surface area contributed by atoms with Crippen molar-refractivity contribution in [3.63, 3.8) is 0 Å². The number of piperazine rings is 1. The smallest absolute Gasteiger partial charge is 0.123 e. The first-order valence-electron chi connectivity index (χ1n) is 10.1. The molecular formula is C23H26F2N4. The van der Waals surface area contributed by atoms with E-state index in [1.807, 2.05) is 43.0 Å². The Bertz CT molecular complexity index is 825. The van der Waals surface area contributed by atoms with Crippen LogP contribution in [0.1, 0.15) is 23.6 Å². The number of rotatable bonds is 7. The van der Waals surface area contributed by atoms with E-state index < -0.39 is 0 Å². The van der Waals surface area contributed by atoms with Gasteiger partial charge in [0.25, 0.3) is 0 Å². The van der Waals surface area contributed by atoms with E-state index in [1.165, 1.54) is 24.3 Å². The molecule has 4 rings (SSSR count). The van der Waals surface area contributed by atoms with Gasteiger partial charge in [-0.1, -0.05) is 24.3 Å². The van der Waals surface area contributed by atoms with Gasteiger partial charge < -0.3 is 9.47 Å². The van der Waals surface area contributed by atoms with Crippen LogP contribution in [0.2, 0.25) is 0 Å². The molecule has 1 saturated heterocycles. The van der Waals surface area contributed by atoms with Crippen LogP contribution in [0.25, 0.3) is 0 Å². The maximum absolute atomic E-state index is 13.4. The second kappa shape index (κ2) is 9.29. The Morgan fingerprint density at radius 1 is 0.793 bits per heavy atom. The van der Waals surface area contributed by atoms with Gasteiger partial charge in [0.2, 0.25) is 0 Å². The van der Waals surface area contributed by atoms with Crippen molar-refractivity contribution in [1.29, 1.82) is 0 Å². The first-order valence-corrected chi connectivity index (χ1v) is 10.1. The molecule has 1 aromatic heterocycles. The largest absolute Gasteiger partial charge is 0.337 e. The van der Waals surface area contributed by atoms with Crippen molar-refractivity contribution in [3.8, 4) is 0 Å². The van der Waals surface area contributed by atoms with Crippen LogP contribution >= 0.6 is 0 Å². The Kier molecular flexibility index (Phi) is 6.32. The molecule has 1 aliphatic rings. The zero-order valence-electron chi connectivity index (χ0n) is 16.4. The molecule has 0 spiro atoms. The average Bonchev–Trinajstić information content (AvgIpc) is 3.26. The number of hydrogen-bond donors (Lipinski definition) is 0. The molecule has 0 unspecified atom stereocenters. The van der Waals surface area contributed by atoms with Crippen LogP contribution in [0.3, 0.4) is 0 Å². The van der Waals surface area contributed by atoms with Crippen LogP contribution in [0, 0.1) is 11.6 Å². The fourth-order valence-corrected chi connectivity index (χ4v) is 4.05. The molecule has 0 amide bonds. The fourth-order valence-electron chi connectivity index (χ4n) is 4.05. The normalized spacial score (nSPS) is 15.8. The van der Waals surface area contributed by atoms with Crippen molar-refractivity contribution in [2.75, 3.05) is 32.7 Å². The molecule has 0 atom stereocenters. The maximum atomic E-state index is 13.4. The summed E-state index contributed by atoms with van der Waals surface area (Å²) in [5, 5.41) is 0. The summed E-state index contributed by atoms with van der Waals surface area (Å²) in [7, 11) is 0. The quantitative estimate of drug-likeness (QED) is 0.604. The van der Waals surface area contributed by atoms with E-state index in [2.05, 4.69) is 19.4 Å². The predicted molar refractivity (Wildman–Crippen MR) is 110 cm³/mol. The molecule has 152 valence electrons. The first-order chi connectivity index (χ1) is 14.2. The molecule has 0 N–H and O–H groups in total. The summed E-state index contributed by atoms with van der Waals surface area (Å²) in [6.07, 6.45) is 6.75. The van der Waals surface area contributed by atoms with Crippen LogP contribution in [0.15, 0.2) is 67.3 Å². The molecule has 1 aliphatic heterocycles. The highest BCUT2D eigenvalue weighted by molar-refractivity contribution is 5.32. The number of imidazole rings is 1. The zero-order valence-corrected chi connectivity index (χ0v) is 16.4. The zero-order chi connectivity index (χ0) is 20.1. The molecule has 0 bridgehead atoms. The number of halogens is 2. The van der Waals surface area contributed by atoms with Crippen LogP contribution in [-0.2, 0) is 6.54 Å². The summed E-state index contributed by atoms with van der Waals surface area (Å²) in [4.78, 5) is 8.98. The van der Waals surface area contributed by atoms with Gasteiger partial charge in [-0.2, -0.15) is 0 Å². The van der Waals surface area contributed by atoms with Crippen molar-refractivity contribution < 1.29 is 8.78 Å². The third-order valence-corrected chi connectivity index (χ3v) is 5.59. The third-order valence-electron chi connectivity index (χ3n) is 5.59. The van der Waals surface area contributed by atoms with Gasteiger partial charge in [-0.05, 0) is 48.4 Å². The monoisotopic (exact) mass is 396 g/mol. The second-order valence-electron chi connectivity index (χ2n) is 7.54. The highest BCUT2D eigenvalue weighted by Gasteiger charge is 2.26. The SMILES string of the molecule is Fc1ccc(C(c2ccc(F)cc2)N2CCN(CCCn3ccnc3)CC2)cc1. The number of nitrogens with zero attached hydrogens (tertiary/aromatic N) is 4. The lowest BCUT2D eigenvalue weighted by Crippen LogP contribution is -2.48. The number of aromatic nitrogens is 2. The molecule has 3 aromatic rings. The molecule has 2 heterocycles. The fraction of sp³-hybridized carbons (Fsp3) is 0.348. The summed E-state index contributed by atoms with van der Waals surface area (Å²) in [5.74, 6) is -0.483. The number of benzene rings is 2. The third kappa shape index (κ3) is 5.08. The second-order valence-corrected chi connectivity index (χ2v) is 7.54. The van der Waals surface area contributed by atoms with Crippen molar-refractivity contribution in [1.82, 2.24) is 19.4 Å². The van der Waals surface area contributed by atoms with Crippen LogP contribution < -0.4 is 0 Å². The molecule has 6 heteroatoms. The topological polar surface area (TPSA) is 24.3 Å². The van der Waals surface area contributed by atoms with Gasteiger partial charge in [0.1, 0.15) is 11.6 Å². The number of hydrogen-bond acceptors (Lipinski definition) is 3. The van der Waals surface area contributed by atoms with Crippen LogP contribution in [-0.4, -0.2) is 52.1 Å². The van der Waals surface area contributed by atoms with Crippen molar-refractivity contribution >= 4 is 0 Å². The van der Waals surface area contributed by atoms with Crippen LogP contribution in [0.5, 0.6) is 0 Å². The van der Waals surface area contributed by atoms with E-state index in [0.717, 1.165) is 56.8 Å². The molecule has 0 aliphatic carbocycles. The van der Waals surface area contributed by atoms with E-state index >= 15 is 0 Å². The van der Waals surface area contributed by atoms with Gasteiger partial charge in [0.15, 0.2) is 0 Å². The van der Waals surface area contributed by atoms with Crippen LogP contribution in [0.4, 0.5) is 8.78 Å². The average molecular weight is 396 g/mol. The van der Waals surface area contributed by atoms with E-state index in [0.29, 0.717) is 0 Å². The van der Waals surface area contributed by atoms with Gasteiger partial charge in [-0.15, -0.1) is 0 Å². The maximum Gasteiger partial charge on any atom is 0.123 e. The number of aryl methyl sites for hydroxylation is 1. The standard InChI is InChI=1S/C23H26F2N4/c24-21-6-2-19(3-7-21)23(20-4-8-22(25)9-5-20)29-16-14-27(15-17-29)11-1-12-28-13-10-26-18-28/h2-10,13,18,23H,1,11-12,14-17H2. The van der Waals surface area contributed by atoms with E-state index in [4.69, 9.17) is 0 Å². The van der Waals surface area contributed by atoms with Crippen molar-refractivity contribution in [3.05, 3.63) is 90.0 Å². The first kappa shape index (κ1) is 19.7. The van der Waals surface area contributed by atoms with E-state index in [-0.39, 0.29) is 17.7 Å². The highest BCUT2D eigenvalue weighted by Crippen LogP contribution is 2.30. The lowest BCUT2D eigenvalue weighted by Gasteiger charge is -2.40. The summed E-state index contributed by atoms with van der Waals surface area (Å²) < 4.78 is 29.0. The highest BCUT2D eigenvalue weighted by atomic mass is 19.1. The van der Waals surface area contributed by atoms with Gasteiger partial charge in [-0.3, -0.25) is 4.90 Å². The van der Waals surface area contributed by atoms with E-state index in [9.17, 15) is 8.78 Å². The molecule has 4 nitrogen and oxygen atoms in total. The summed E-state index contributed by atoms with van der Waals surface area (Å²) in [6.45, 7) is 5.86. The lowest BCUT2D eigenvalue weighted by atomic mass is 9.96. The van der Waals surface area contributed by atoms with Gasteiger partial charge in [0.05, 0.1) is 12.4 Å². The van der Waals surface area contributed by atoms with Gasteiger partial charge in [-0.25, -0.2) is 13.8 Å². The molecule has 2 aromatic carbocycles. The van der Waals surface area contributed by atoms with Gasteiger partial charge >= 0.3 is 0 Å². The minimum absolute atomic E-state index is 0.00398. The minimum Gasteiger partial charge on any atom is -0.337 e. The van der Waals surface area contributed by atoms with Crippen molar-refractivity contribution in [2.45, 2.75) is 19.0 Å². The molecular weight excluding hydrogens is 370 g/mol. The lowest BCUT2D eigenvalue weighted by molar-refractivity contribution is 0.107. The van der Waals surface area contributed by atoms with E-state index in [1.54, 1.807) is 0 Å². The Morgan fingerprint density at radius 2 is 1.38 bits per heavy atom. The Balaban J connectivity index is 1.40. The van der Waals surface area contributed by atoms with Gasteiger partial charge in [0, 0.05) is 45.1 Å². The summed E-state index contributed by atoms with van der Waals surface area (Å²) >= 11 is 0. The Morgan fingerprint density at radius 3 is 1.90 bits per heavy atom. The molecule has 29 heavy (non-hydrogen) atoms. The molecule has 0 radical (unpaired) electrons. The predicted octanol–water partition coefficient (Wildman–Crippen LogP) is 3.96. The Labute approximate surface area is 170 Å². The summed E-state index contributed by atoms with van der Waals surface area (Å²) in [6, 6.07) is 13.3. The molecule has 0 saturated carbocycles. The Hall–Kier alpha value is -2.57. The summed E-state index contributed by atoms with van der Waals surface area (Å²) in [5.41, 5.74) is 2.07. The minimum atomic E-state index is -0.241.